The molecular formula is C7H13NO6P+. The standard InChI is InChI=1S/C7H12NO6P/c1-4(7(11)12)3-15(13,14)5(8)2-6(9)10/h4,8,13-14H,2-3H2,1H3,(H-,9,10,11,12)/p+1. The van der Waals surface area contributed by atoms with Crippen molar-refractivity contribution in [3.63, 3.8) is 0 Å². The first-order valence-corrected chi connectivity index (χ1v) is 5.91. The third kappa shape index (κ3) is 4.83. The Morgan fingerprint density at radius 1 is 1.33 bits per heavy atom. The van der Waals surface area contributed by atoms with Gasteiger partial charge in [-0.1, -0.05) is 0 Å². The van der Waals surface area contributed by atoms with E-state index in [0.717, 1.165) is 0 Å². The molecule has 7 nitrogen and oxygen atoms in total. The Morgan fingerprint density at radius 2 is 1.80 bits per heavy atom. The lowest BCUT2D eigenvalue weighted by Crippen LogP contribution is -2.21. The van der Waals surface area contributed by atoms with E-state index in [1.54, 1.807) is 0 Å². The van der Waals surface area contributed by atoms with Gasteiger partial charge in [0.1, 0.15) is 12.6 Å². The molecule has 15 heavy (non-hydrogen) atoms. The van der Waals surface area contributed by atoms with Crippen molar-refractivity contribution >= 4 is 25.1 Å². The molecule has 0 fully saturated rings. The van der Waals surface area contributed by atoms with Gasteiger partial charge in [0.25, 0.3) is 0 Å². The molecule has 0 rings (SSSR count). The van der Waals surface area contributed by atoms with Crippen LogP contribution >= 0.6 is 7.72 Å². The van der Waals surface area contributed by atoms with E-state index in [4.69, 9.17) is 15.6 Å². The predicted octanol–water partition coefficient (Wildman–Crippen LogP) is -0.00873. The third-order valence-electron chi connectivity index (χ3n) is 1.70. The summed E-state index contributed by atoms with van der Waals surface area (Å²) in [7, 11) is -3.88. The van der Waals surface area contributed by atoms with Crippen molar-refractivity contribution in [3.05, 3.63) is 0 Å². The first-order chi connectivity index (χ1) is 6.66. The van der Waals surface area contributed by atoms with Crippen LogP contribution in [0, 0.1) is 11.3 Å². The fraction of sp³-hybridized carbons (Fsp3) is 0.571. The average molecular weight is 238 g/mol. The zero-order valence-corrected chi connectivity index (χ0v) is 8.94. The van der Waals surface area contributed by atoms with Crippen molar-refractivity contribution in [3.8, 4) is 0 Å². The number of hydrogen-bond donors (Lipinski definition) is 5. The summed E-state index contributed by atoms with van der Waals surface area (Å²) in [5, 5.41) is 24.0. The fourth-order valence-corrected chi connectivity index (χ4v) is 2.37. The molecule has 1 unspecified atom stereocenters. The molecule has 0 aromatic rings. The summed E-state index contributed by atoms with van der Waals surface area (Å²) in [6.45, 7) is 1.26. The minimum Gasteiger partial charge on any atom is -0.481 e. The van der Waals surface area contributed by atoms with Gasteiger partial charge in [-0.15, -0.1) is 0 Å². The predicted molar refractivity (Wildman–Crippen MR) is 53.0 cm³/mol. The zero-order chi connectivity index (χ0) is 12.2. The van der Waals surface area contributed by atoms with Crippen LogP contribution in [0.5, 0.6) is 0 Å². The van der Waals surface area contributed by atoms with E-state index in [1.807, 2.05) is 0 Å². The monoisotopic (exact) mass is 238 g/mol. The molecule has 0 aliphatic rings. The van der Waals surface area contributed by atoms with Gasteiger partial charge in [0.15, 0.2) is 0 Å². The van der Waals surface area contributed by atoms with Crippen molar-refractivity contribution in [2.75, 3.05) is 6.16 Å². The minimum absolute atomic E-state index is 0.506. The summed E-state index contributed by atoms with van der Waals surface area (Å²) in [6.07, 6.45) is -1.29. The average Bonchev–Trinajstić information content (AvgIpc) is 2.01. The highest BCUT2D eigenvalue weighted by Gasteiger charge is 2.44. The normalized spacial score (nSPS) is 13.3. The van der Waals surface area contributed by atoms with Gasteiger partial charge in [0.2, 0.25) is 5.45 Å². The van der Waals surface area contributed by atoms with Gasteiger partial charge in [-0.2, -0.15) is 0 Å². The van der Waals surface area contributed by atoms with E-state index in [1.165, 1.54) is 6.92 Å². The smallest absolute Gasteiger partial charge is 0.315 e. The van der Waals surface area contributed by atoms with Crippen molar-refractivity contribution in [2.45, 2.75) is 13.3 Å². The lowest BCUT2D eigenvalue weighted by Gasteiger charge is -2.13. The molecule has 0 aromatic heterocycles. The second kappa shape index (κ2) is 5.16. The maximum absolute atomic E-state index is 10.4. The Labute approximate surface area is 86.4 Å². The van der Waals surface area contributed by atoms with Crippen molar-refractivity contribution in [1.82, 2.24) is 0 Å². The van der Waals surface area contributed by atoms with Gasteiger partial charge >= 0.3 is 19.7 Å². The van der Waals surface area contributed by atoms with Crippen LogP contribution in [0.3, 0.4) is 0 Å². The van der Waals surface area contributed by atoms with Crippen molar-refractivity contribution < 1.29 is 29.6 Å². The Kier molecular flexibility index (Phi) is 4.80. The number of carboxylic acids is 2. The number of carboxylic acid groups (broad SMARTS) is 2. The lowest BCUT2D eigenvalue weighted by molar-refractivity contribution is -0.140. The van der Waals surface area contributed by atoms with Gasteiger partial charge in [-0.25, -0.2) is 9.79 Å². The van der Waals surface area contributed by atoms with Gasteiger partial charge in [0, 0.05) is 0 Å². The number of rotatable bonds is 6. The lowest BCUT2D eigenvalue weighted by atomic mass is 10.2. The van der Waals surface area contributed by atoms with E-state index in [9.17, 15) is 19.4 Å². The molecule has 1 atom stereocenters. The number of nitrogens with one attached hydrogen (secondary N) is 1. The van der Waals surface area contributed by atoms with Gasteiger partial charge in [0.05, 0.1) is 5.92 Å². The topological polar surface area (TPSA) is 139 Å². The molecule has 0 spiro atoms. The van der Waals surface area contributed by atoms with Gasteiger partial charge in [-0.05, 0) is 6.92 Å². The molecule has 0 radical (unpaired) electrons. The fourth-order valence-electron chi connectivity index (χ4n) is 0.840. The first kappa shape index (κ1) is 14.0. The highest BCUT2D eigenvalue weighted by atomic mass is 31.2. The molecule has 86 valence electrons. The van der Waals surface area contributed by atoms with E-state index in [2.05, 4.69) is 0 Å². The van der Waals surface area contributed by atoms with E-state index in [0.29, 0.717) is 0 Å². The molecule has 0 aliphatic heterocycles. The molecule has 0 heterocycles. The van der Waals surface area contributed by atoms with E-state index in [-0.39, 0.29) is 0 Å². The van der Waals surface area contributed by atoms with Crippen LogP contribution in [0.4, 0.5) is 0 Å². The first-order valence-electron chi connectivity index (χ1n) is 4.03. The molecule has 0 aliphatic carbocycles. The highest BCUT2D eigenvalue weighted by Crippen LogP contribution is 2.53. The van der Waals surface area contributed by atoms with Crippen LogP contribution in [0.1, 0.15) is 13.3 Å². The second-order valence-corrected chi connectivity index (χ2v) is 5.54. The Morgan fingerprint density at radius 3 is 2.13 bits per heavy atom. The Hall–Kier alpha value is -1.04. The number of aliphatic carboxylic acids is 2. The van der Waals surface area contributed by atoms with Crippen LogP contribution < -0.4 is 0 Å². The largest absolute Gasteiger partial charge is 0.481 e. The molecule has 0 saturated carbocycles. The zero-order valence-electron chi connectivity index (χ0n) is 8.04. The minimum atomic E-state index is -3.88. The van der Waals surface area contributed by atoms with Crippen LogP contribution in [0.15, 0.2) is 0 Å². The maximum atomic E-state index is 10.4. The van der Waals surface area contributed by atoms with Crippen molar-refractivity contribution in [2.24, 2.45) is 5.92 Å². The van der Waals surface area contributed by atoms with Crippen molar-refractivity contribution in [1.29, 1.82) is 5.41 Å². The number of carbonyl (C=O) groups is 2. The van der Waals surface area contributed by atoms with Gasteiger partial charge in [-0.3, -0.25) is 15.0 Å². The molecule has 0 bridgehead atoms. The summed E-state index contributed by atoms with van der Waals surface area (Å²) in [5.74, 6) is -3.59. The molecule has 0 aromatic carbocycles. The van der Waals surface area contributed by atoms with Crippen LogP contribution in [0.2, 0.25) is 0 Å². The molecule has 8 heteroatoms. The summed E-state index contributed by atoms with van der Waals surface area (Å²) >= 11 is 0. The SMILES string of the molecule is CC(C[P+](O)(O)C(=N)CC(=O)O)C(=O)O. The molecule has 0 saturated heterocycles. The quantitative estimate of drug-likeness (QED) is 0.326. The summed E-state index contributed by atoms with van der Waals surface area (Å²) < 4.78 is 0. The summed E-state index contributed by atoms with van der Waals surface area (Å²) in [5.41, 5.74) is -0.719. The Bertz CT molecular complexity index is 289. The van der Waals surface area contributed by atoms with E-state index < -0.39 is 43.6 Å². The highest BCUT2D eigenvalue weighted by molar-refractivity contribution is 7.81. The Balaban J connectivity index is 4.47. The second-order valence-electron chi connectivity index (χ2n) is 3.17. The molecule has 5 N–H and O–H groups in total. The number of hydrogen-bond acceptors (Lipinski definition) is 5. The van der Waals surface area contributed by atoms with Crippen LogP contribution in [-0.4, -0.2) is 43.6 Å². The molecular weight excluding hydrogens is 225 g/mol. The molecule has 0 amide bonds. The van der Waals surface area contributed by atoms with Crippen LogP contribution in [0.25, 0.3) is 0 Å². The third-order valence-corrected chi connectivity index (χ3v) is 3.78. The van der Waals surface area contributed by atoms with Crippen LogP contribution in [-0.2, 0) is 9.59 Å². The van der Waals surface area contributed by atoms with E-state index >= 15 is 0 Å². The summed E-state index contributed by atoms with van der Waals surface area (Å²) in [6, 6.07) is 0. The maximum Gasteiger partial charge on any atom is 0.315 e. The summed E-state index contributed by atoms with van der Waals surface area (Å²) in [4.78, 5) is 39.4. The van der Waals surface area contributed by atoms with Gasteiger partial charge < -0.3 is 10.2 Å².